The molecule has 2 heterocycles. The van der Waals surface area contributed by atoms with Crippen LogP contribution in [0, 0.1) is 5.92 Å². The maximum Gasteiger partial charge on any atom is 0.421 e. The van der Waals surface area contributed by atoms with Crippen LogP contribution in [0.1, 0.15) is 63.5 Å². The molecule has 11 heteroatoms. The number of halogens is 3. The van der Waals surface area contributed by atoms with Gasteiger partial charge >= 0.3 is 6.18 Å². The Balaban J connectivity index is 1.60. The van der Waals surface area contributed by atoms with Gasteiger partial charge in [-0.3, -0.25) is 9.59 Å². The lowest BCUT2D eigenvalue weighted by Crippen LogP contribution is -2.44. The highest BCUT2D eigenvalue weighted by atomic mass is 19.4. The predicted molar refractivity (Wildman–Crippen MR) is 136 cm³/mol. The molecule has 37 heavy (non-hydrogen) atoms. The van der Waals surface area contributed by atoms with Crippen molar-refractivity contribution in [1.29, 1.82) is 0 Å². The number of nitrogens with zero attached hydrogens (tertiary/aromatic N) is 3. The molecule has 1 atom stereocenters. The van der Waals surface area contributed by atoms with Crippen molar-refractivity contribution in [2.24, 2.45) is 5.92 Å². The summed E-state index contributed by atoms with van der Waals surface area (Å²) in [6.07, 6.45) is 3.17. The maximum absolute atomic E-state index is 13.8. The lowest BCUT2D eigenvalue weighted by atomic mass is 9.97. The second-order valence-corrected chi connectivity index (χ2v) is 9.94. The molecular formula is C26H33F3N6O2. The molecule has 0 spiro atoms. The minimum absolute atomic E-state index is 0.0323. The van der Waals surface area contributed by atoms with Gasteiger partial charge in [-0.2, -0.15) is 18.2 Å². The lowest BCUT2D eigenvalue weighted by Gasteiger charge is -2.32. The number of amides is 2. The van der Waals surface area contributed by atoms with Crippen molar-refractivity contribution in [1.82, 2.24) is 14.9 Å². The first-order chi connectivity index (χ1) is 17.6. The third-order valence-electron chi connectivity index (χ3n) is 6.94. The van der Waals surface area contributed by atoms with Crippen LogP contribution >= 0.6 is 0 Å². The summed E-state index contributed by atoms with van der Waals surface area (Å²) in [4.78, 5) is 33.4. The van der Waals surface area contributed by atoms with Crippen LogP contribution in [0.25, 0.3) is 0 Å². The molecule has 2 aliphatic rings. The molecule has 0 radical (unpaired) electrons. The van der Waals surface area contributed by atoms with Crippen LogP contribution in [-0.4, -0.2) is 45.8 Å². The van der Waals surface area contributed by atoms with Gasteiger partial charge in [-0.25, -0.2) is 4.98 Å². The molecule has 1 aromatic heterocycles. The molecule has 1 aliphatic carbocycles. The van der Waals surface area contributed by atoms with Crippen molar-refractivity contribution in [3.05, 3.63) is 35.5 Å². The van der Waals surface area contributed by atoms with E-state index >= 15 is 0 Å². The quantitative estimate of drug-likeness (QED) is 0.457. The number of hydrogen-bond acceptors (Lipinski definition) is 6. The van der Waals surface area contributed by atoms with Gasteiger partial charge in [0, 0.05) is 39.2 Å². The van der Waals surface area contributed by atoms with E-state index < -0.39 is 17.6 Å². The molecule has 0 bridgehead atoms. The molecular weight excluding hydrogens is 485 g/mol. The number of carbonyl (C=O) groups excluding carboxylic acids is 2. The van der Waals surface area contributed by atoms with Gasteiger partial charge in [-0.05, 0) is 42.9 Å². The number of nitrogens with one attached hydrogen (secondary N) is 3. The summed E-state index contributed by atoms with van der Waals surface area (Å²) in [6.45, 7) is 3.93. The van der Waals surface area contributed by atoms with E-state index in [0.29, 0.717) is 30.4 Å². The Labute approximate surface area is 214 Å². The van der Waals surface area contributed by atoms with Crippen LogP contribution in [0.15, 0.2) is 24.4 Å². The number of aromatic nitrogens is 2. The van der Waals surface area contributed by atoms with Crippen molar-refractivity contribution in [2.75, 3.05) is 29.0 Å². The third kappa shape index (κ3) is 7.11. The zero-order valence-corrected chi connectivity index (χ0v) is 21.1. The number of carbonyl (C=O) groups is 2. The van der Waals surface area contributed by atoms with Gasteiger partial charge in [-0.1, -0.05) is 31.7 Å². The second kappa shape index (κ2) is 11.4. The fourth-order valence-corrected chi connectivity index (χ4v) is 5.11. The van der Waals surface area contributed by atoms with Gasteiger partial charge in [0.2, 0.25) is 17.8 Å². The van der Waals surface area contributed by atoms with Gasteiger partial charge in [0.1, 0.15) is 11.4 Å². The Hall–Kier alpha value is -3.37. The van der Waals surface area contributed by atoms with E-state index in [1.165, 1.54) is 26.7 Å². The lowest BCUT2D eigenvalue weighted by molar-refractivity contribution is -0.137. The van der Waals surface area contributed by atoms with E-state index in [9.17, 15) is 22.8 Å². The molecule has 1 saturated heterocycles. The Morgan fingerprint density at radius 2 is 1.84 bits per heavy atom. The zero-order chi connectivity index (χ0) is 26.6. The summed E-state index contributed by atoms with van der Waals surface area (Å²) < 4.78 is 41.5. The highest BCUT2D eigenvalue weighted by Crippen LogP contribution is 2.37. The SMILES string of the molecule is CC(=O)Nc1cc(CC2CCCC2)ccc1Nc1nc(N[C@H]2CCCN(C(C)=O)C2)ncc1C(F)(F)F. The second-order valence-electron chi connectivity index (χ2n) is 9.94. The van der Waals surface area contributed by atoms with E-state index in [-0.39, 0.29) is 23.8 Å². The Morgan fingerprint density at radius 3 is 2.51 bits per heavy atom. The fraction of sp³-hybridized carbons (Fsp3) is 0.538. The number of hydrogen-bond donors (Lipinski definition) is 3. The summed E-state index contributed by atoms with van der Waals surface area (Å²) >= 11 is 0. The largest absolute Gasteiger partial charge is 0.421 e. The van der Waals surface area contributed by atoms with Crippen molar-refractivity contribution in [3.8, 4) is 0 Å². The molecule has 1 saturated carbocycles. The van der Waals surface area contributed by atoms with Gasteiger partial charge < -0.3 is 20.9 Å². The van der Waals surface area contributed by atoms with E-state index in [4.69, 9.17) is 0 Å². The summed E-state index contributed by atoms with van der Waals surface area (Å²) in [5.41, 5.74) is 0.708. The summed E-state index contributed by atoms with van der Waals surface area (Å²) in [5.74, 6) is -0.183. The average Bonchev–Trinajstić information content (AvgIpc) is 3.33. The molecule has 0 unspecified atom stereocenters. The van der Waals surface area contributed by atoms with E-state index in [0.717, 1.165) is 43.9 Å². The Morgan fingerprint density at radius 1 is 1.08 bits per heavy atom. The van der Waals surface area contributed by atoms with Crippen molar-refractivity contribution < 1.29 is 22.8 Å². The molecule has 2 fully saturated rings. The van der Waals surface area contributed by atoms with Crippen LogP contribution in [0.2, 0.25) is 0 Å². The number of piperidine rings is 1. The van der Waals surface area contributed by atoms with Crippen molar-refractivity contribution in [2.45, 2.75) is 71.0 Å². The molecule has 3 N–H and O–H groups in total. The van der Waals surface area contributed by atoms with Gasteiger partial charge in [0.25, 0.3) is 0 Å². The smallest absolute Gasteiger partial charge is 0.350 e. The van der Waals surface area contributed by atoms with Gasteiger partial charge in [0.05, 0.1) is 11.4 Å². The normalized spacial score (nSPS) is 18.5. The summed E-state index contributed by atoms with van der Waals surface area (Å²) in [6, 6.07) is 5.19. The molecule has 200 valence electrons. The molecule has 4 rings (SSSR count). The number of rotatable bonds is 7. The molecule has 1 aliphatic heterocycles. The van der Waals surface area contributed by atoms with Crippen LogP contribution in [0.4, 0.5) is 36.3 Å². The number of benzene rings is 1. The summed E-state index contributed by atoms with van der Waals surface area (Å²) in [5, 5.41) is 8.60. The van der Waals surface area contributed by atoms with Gasteiger partial charge in [0.15, 0.2) is 0 Å². The van der Waals surface area contributed by atoms with Crippen LogP contribution in [0.3, 0.4) is 0 Å². The van der Waals surface area contributed by atoms with Gasteiger partial charge in [-0.15, -0.1) is 0 Å². The average molecular weight is 519 g/mol. The highest BCUT2D eigenvalue weighted by molar-refractivity contribution is 5.93. The van der Waals surface area contributed by atoms with Crippen LogP contribution < -0.4 is 16.0 Å². The first-order valence-corrected chi connectivity index (χ1v) is 12.7. The topological polar surface area (TPSA) is 99.2 Å². The van der Waals surface area contributed by atoms with Crippen LogP contribution in [-0.2, 0) is 22.2 Å². The number of anilines is 4. The maximum atomic E-state index is 13.8. The van der Waals surface area contributed by atoms with E-state index in [2.05, 4.69) is 25.9 Å². The van der Waals surface area contributed by atoms with E-state index in [1.807, 2.05) is 12.1 Å². The Kier molecular flexibility index (Phi) is 8.19. The molecule has 2 amide bonds. The predicted octanol–water partition coefficient (Wildman–Crippen LogP) is 5.35. The highest BCUT2D eigenvalue weighted by Gasteiger charge is 2.36. The monoisotopic (exact) mass is 518 g/mol. The van der Waals surface area contributed by atoms with Crippen molar-refractivity contribution >= 4 is 35.0 Å². The minimum atomic E-state index is -4.69. The molecule has 8 nitrogen and oxygen atoms in total. The molecule has 2 aromatic rings. The molecule has 1 aromatic carbocycles. The van der Waals surface area contributed by atoms with E-state index in [1.54, 1.807) is 11.0 Å². The number of likely N-dealkylation sites (tertiary alicyclic amines) is 1. The third-order valence-corrected chi connectivity index (χ3v) is 6.94. The van der Waals surface area contributed by atoms with Crippen molar-refractivity contribution in [3.63, 3.8) is 0 Å². The zero-order valence-electron chi connectivity index (χ0n) is 21.1. The first kappa shape index (κ1) is 26.7. The van der Waals surface area contributed by atoms with Crippen LogP contribution in [0.5, 0.6) is 0 Å². The minimum Gasteiger partial charge on any atom is -0.350 e. The standard InChI is InChI=1S/C26H33F3N6O2/c1-16(36)31-23-13-19(12-18-6-3-4-7-18)9-10-22(23)33-24-21(26(27,28)29)14-30-25(34-24)32-20-8-5-11-35(15-20)17(2)37/h9-10,13-14,18,20H,3-8,11-12,15H2,1-2H3,(H,31,36)(H2,30,32,33,34)/t20-/m0/s1. The fourth-order valence-electron chi connectivity index (χ4n) is 5.11. The number of alkyl halides is 3. The summed E-state index contributed by atoms with van der Waals surface area (Å²) in [7, 11) is 0. The first-order valence-electron chi connectivity index (χ1n) is 12.7. The Bertz CT molecular complexity index is 1130.